The second kappa shape index (κ2) is 4.65. The fourth-order valence-electron chi connectivity index (χ4n) is 0.304. The zero-order valence-electron chi connectivity index (χ0n) is 4.74. The Hall–Kier alpha value is -0.500. The number of halogens is 1. The van der Waals surface area contributed by atoms with E-state index in [1.807, 2.05) is 0 Å². The Balaban J connectivity index is 3.66. The molecule has 8 heavy (non-hydrogen) atoms. The second-order valence-electron chi connectivity index (χ2n) is 1.29. The van der Waals surface area contributed by atoms with E-state index >= 15 is 0 Å². The van der Waals surface area contributed by atoms with Gasteiger partial charge in [0.05, 0.1) is 5.88 Å². The predicted molar refractivity (Wildman–Crippen MR) is 36.6 cm³/mol. The smallest absolute Gasteiger partial charge is 0.0503 e. The molecule has 0 saturated carbocycles. The largest absolute Gasteiger partial charge is 0.394 e. The van der Waals surface area contributed by atoms with E-state index in [2.05, 4.69) is 5.32 Å². The van der Waals surface area contributed by atoms with Gasteiger partial charge >= 0.3 is 0 Å². The Morgan fingerprint density at radius 3 is 2.62 bits per heavy atom. The molecule has 0 unspecified atom stereocenters. The van der Waals surface area contributed by atoms with Crippen LogP contribution in [0.3, 0.4) is 0 Å². The highest BCUT2D eigenvalue weighted by atomic mass is 35.5. The SMILES string of the molecule is CN/C=C(\C=N)CCl. The van der Waals surface area contributed by atoms with Crippen molar-refractivity contribution in [1.29, 1.82) is 5.41 Å². The molecule has 3 heteroatoms. The number of hydrogen-bond donors (Lipinski definition) is 2. The molecule has 0 aromatic heterocycles. The van der Waals surface area contributed by atoms with Crippen LogP contribution in [-0.2, 0) is 0 Å². The van der Waals surface area contributed by atoms with Crippen LogP contribution in [0.25, 0.3) is 0 Å². The fraction of sp³-hybridized carbons (Fsp3) is 0.400. The lowest BCUT2D eigenvalue weighted by molar-refractivity contribution is 1.09. The van der Waals surface area contributed by atoms with Crippen LogP contribution >= 0.6 is 11.6 Å². The molecule has 46 valence electrons. The van der Waals surface area contributed by atoms with Crippen LogP contribution in [0.15, 0.2) is 11.8 Å². The molecule has 2 N–H and O–H groups in total. The molecular formula is C5H9ClN2. The molecule has 0 bridgehead atoms. The monoisotopic (exact) mass is 132 g/mol. The molecule has 0 fully saturated rings. The van der Waals surface area contributed by atoms with Crippen LogP contribution in [0.5, 0.6) is 0 Å². The van der Waals surface area contributed by atoms with Gasteiger partial charge in [0.25, 0.3) is 0 Å². The number of hydrogen-bond acceptors (Lipinski definition) is 2. The van der Waals surface area contributed by atoms with Crippen molar-refractivity contribution in [2.45, 2.75) is 0 Å². The van der Waals surface area contributed by atoms with Gasteiger partial charge in [-0.2, -0.15) is 0 Å². The molecule has 0 saturated heterocycles. The van der Waals surface area contributed by atoms with Gasteiger partial charge < -0.3 is 10.7 Å². The molecule has 0 aliphatic carbocycles. The van der Waals surface area contributed by atoms with Gasteiger partial charge in [0, 0.05) is 25.0 Å². The number of nitrogens with one attached hydrogen (secondary N) is 2. The van der Waals surface area contributed by atoms with Gasteiger partial charge in [0.2, 0.25) is 0 Å². The predicted octanol–water partition coefficient (Wildman–Crippen LogP) is 0.978. The first-order valence-corrected chi connectivity index (χ1v) is 2.81. The topological polar surface area (TPSA) is 35.9 Å². The molecular weight excluding hydrogens is 124 g/mol. The maximum Gasteiger partial charge on any atom is 0.0503 e. The summed E-state index contributed by atoms with van der Waals surface area (Å²) in [4.78, 5) is 0. The lowest BCUT2D eigenvalue weighted by atomic mass is 10.4. The summed E-state index contributed by atoms with van der Waals surface area (Å²) in [5.41, 5.74) is 0.786. The minimum atomic E-state index is 0.393. The van der Waals surface area contributed by atoms with Crippen LogP contribution in [0.1, 0.15) is 0 Å². The standard InChI is InChI=1S/C5H9ClN2/c1-8-4-5(2-6)3-7/h3-4,7-8H,2H2,1H3/b5-4-,7-3?. The van der Waals surface area contributed by atoms with Gasteiger partial charge in [-0.15, -0.1) is 11.6 Å². The first-order chi connectivity index (χ1) is 3.85. The van der Waals surface area contributed by atoms with Crippen molar-refractivity contribution in [3.63, 3.8) is 0 Å². The third-order valence-electron chi connectivity index (χ3n) is 0.669. The Kier molecular flexibility index (Phi) is 4.36. The van der Waals surface area contributed by atoms with E-state index in [1.165, 1.54) is 6.21 Å². The van der Waals surface area contributed by atoms with Crippen molar-refractivity contribution < 1.29 is 0 Å². The van der Waals surface area contributed by atoms with Crippen molar-refractivity contribution in [2.24, 2.45) is 0 Å². The average molecular weight is 133 g/mol. The lowest BCUT2D eigenvalue weighted by Crippen LogP contribution is -1.97. The molecule has 0 aromatic carbocycles. The van der Waals surface area contributed by atoms with E-state index in [9.17, 15) is 0 Å². The molecule has 0 atom stereocenters. The molecule has 0 spiro atoms. The van der Waals surface area contributed by atoms with Crippen LogP contribution in [0.2, 0.25) is 0 Å². The first-order valence-electron chi connectivity index (χ1n) is 2.28. The maximum absolute atomic E-state index is 6.75. The lowest BCUT2D eigenvalue weighted by Gasteiger charge is -1.90. The third kappa shape index (κ3) is 2.64. The Bertz CT molecular complexity index is 98.6. The number of rotatable bonds is 3. The van der Waals surface area contributed by atoms with Gasteiger partial charge in [-0.1, -0.05) is 0 Å². The Labute approximate surface area is 54.0 Å². The summed E-state index contributed by atoms with van der Waals surface area (Å²) in [5, 5.41) is 9.52. The second-order valence-corrected chi connectivity index (χ2v) is 1.55. The van der Waals surface area contributed by atoms with Crippen molar-refractivity contribution in [2.75, 3.05) is 12.9 Å². The first kappa shape index (κ1) is 7.50. The van der Waals surface area contributed by atoms with E-state index in [1.54, 1.807) is 13.2 Å². The molecule has 0 aliphatic heterocycles. The highest BCUT2D eigenvalue weighted by molar-refractivity contribution is 6.21. The molecule has 0 aromatic rings. The highest BCUT2D eigenvalue weighted by Crippen LogP contribution is 1.89. The van der Waals surface area contributed by atoms with E-state index < -0.39 is 0 Å². The van der Waals surface area contributed by atoms with Gasteiger partial charge in [0.1, 0.15) is 0 Å². The van der Waals surface area contributed by atoms with Crippen molar-refractivity contribution in [3.8, 4) is 0 Å². The molecule has 0 rings (SSSR count). The molecule has 0 radical (unpaired) electrons. The summed E-state index contributed by atoms with van der Waals surface area (Å²) >= 11 is 5.39. The van der Waals surface area contributed by atoms with Gasteiger partial charge in [-0.3, -0.25) is 0 Å². The van der Waals surface area contributed by atoms with Crippen LogP contribution in [0, 0.1) is 5.41 Å². The quantitative estimate of drug-likeness (QED) is 0.436. The Morgan fingerprint density at radius 2 is 2.50 bits per heavy atom. The van der Waals surface area contributed by atoms with Gasteiger partial charge in [0.15, 0.2) is 0 Å². The van der Waals surface area contributed by atoms with Gasteiger partial charge in [-0.25, -0.2) is 0 Å². The van der Waals surface area contributed by atoms with E-state index in [-0.39, 0.29) is 0 Å². The zero-order valence-corrected chi connectivity index (χ0v) is 5.50. The van der Waals surface area contributed by atoms with Crippen molar-refractivity contribution >= 4 is 17.8 Å². The molecule has 2 nitrogen and oxygen atoms in total. The van der Waals surface area contributed by atoms with Crippen LogP contribution in [0.4, 0.5) is 0 Å². The number of allylic oxidation sites excluding steroid dienone is 1. The minimum absolute atomic E-state index is 0.393. The van der Waals surface area contributed by atoms with Crippen LogP contribution < -0.4 is 5.32 Å². The minimum Gasteiger partial charge on any atom is -0.394 e. The van der Waals surface area contributed by atoms with E-state index in [0.717, 1.165) is 5.57 Å². The summed E-state index contributed by atoms with van der Waals surface area (Å²) in [6, 6.07) is 0. The van der Waals surface area contributed by atoms with Crippen LogP contribution in [-0.4, -0.2) is 19.1 Å². The Morgan fingerprint density at radius 1 is 1.88 bits per heavy atom. The highest BCUT2D eigenvalue weighted by Gasteiger charge is 1.83. The zero-order chi connectivity index (χ0) is 6.41. The van der Waals surface area contributed by atoms with E-state index in [0.29, 0.717) is 5.88 Å². The number of alkyl halides is 1. The summed E-state index contributed by atoms with van der Waals surface area (Å²) in [7, 11) is 1.77. The maximum atomic E-state index is 6.75. The van der Waals surface area contributed by atoms with Gasteiger partial charge in [-0.05, 0) is 0 Å². The third-order valence-corrected chi connectivity index (χ3v) is 0.978. The molecule has 0 aliphatic rings. The average Bonchev–Trinajstić information content (AvgIpc) is 1.83. The summed E-state index contributed by atoms with van der Waals surface area (Å²) in [6.45, 7) is 0. The summed E-state index contributed by atoms with van der Waals surface area (Å²) < 4.78 is 0. The summed E-state index contributed by atoms with van der Waals surface area (Å²) in [5.74, 6) is 0.393. The van der Waals surface area contributed by atoms with Crippen molar-refractivity contribution in [3.05, 3.63) is 11.8 Å². The van der Waals surface area contributed by atoms with Crippen molar-refractivity contribution in [1.82, 2.24) is 5.32 Å². The molecule has 0 amide bonds. The molecule has 0 heterocycles. The van der Waals surface area contributed by atoms with E-state index in [4.69, 9.17) is 17.0 Å². The fourth-order valence-corrected chi connectivity index (χ4v) is 0.459. The normalized spacial score (nSPS) is 11.0. The summed E-state index contributed by atoms with van der Waals surface area (Å²) in [6.07, 6.45) is 2.92.